The number of esters is 2. The molecule has 0 fully saturated rings. The summed E-state index contributed by atoms with van der Waals surface area (Å²) < 4.78 is 11.1. The van der Waals surface area contributed by atoms with Crippen LogP contribution in [0.4, 0.5) is 0 Å². The molecule has 0 bridgehead atoms. The van der Waals surface area contributed by atoms with E-state index in [-0.39, 0.29) is 31.1 Å². The lowest BCUT2D eigenvalue weighted by molar-refractivity contribution is -0.157. The highest BCUT2D eigenvalue weighted by molar-refractivity contribution is 5.70. The highest BCUT2D eigenvalue weighted by Crippen LogP contribution is 2.27. The lowest BCUT2D eigenvalue weighted by atomic mass is 9.88. The quantitative estimate of drug-likeness (QED) is 0.370. The SMILES string of the molecule is CC(=O)O[C@H]1/C=C/[C@H](C)[C@@H](/C(C)=C/C=C/C(C)c2ccccc2)OC(=O)C[C@H](O)CC[C@@]1(C)O. The second-order valence-corrected chi connectivity index (χ2v) is 9.43. The molecule has 2 N–H and O–H groups in total. The summed E-state index contributed by atoms with van der Waals surface area (Å²) >= 11 is 0. The first-order chi connectivity index (χ1) is 16.0. The van der Waals surface area contributed by atoms with E-state index in [0.29, 0.717) is 0 Å². The number of aliphatic hydroxyl groups excluding tert-OH is 1. The normalized spacial score (nSPS) is 31.1. The molecule has 6 heteroatoms. The minimum Gasteiger partial charge on any atom is -0.457 e. The molecule has 6 atom stereocenters. The number of aliphatic hydroxyl groups is 2. The van der Waals surface area contributed by atoms with Gasteiger partial charge in [-0.15, -0.1) is 0 Å². The fraction of sp³-hybridized carbons (Fsp3) is 0.500. The van der Waals surface area contributed by atoms with Gasteiger partial charge in [0.25, 0.3) is 0 Å². The molecule has 0 saturated carbocycles. The topological polar surface area (TPSA) is 93.1 Å². The summed E-state index contributed by atoms with van der Waals surface area (Å²) in [6.07, 6.45) is 7.12. The first-order valence-corrected chi connectivity index (χ1v) is 11.8. The van der Waals surface area contributed by atoms with E-state index in [0.717, 1.165) is 5.57 Å². The van der Waals surface area contributed by atoms with Gasteiger partial charge in [-0.1, -0.05) is 68.5 Å². The summed E-state index contributed by atoms with van der Waals surface area (Å²) in [5.74, 6) is -1.04. The molecule has 0 amide bonds. The molecule has 2 rings (SSSR count). The van der Waals surface area contributed by atoms with E-state index in [1.165, 1.54) is 12.5 Å². The molecule has 1 aromatic rings. The third kappa shape index (κ3) is 8.58. The summed E-state index contributed by atoms with van der Waals surface area (Å²) in [6.45, 7) is 8.75. The molecule has 186 valence electrons. The van der Waals surface area contributed by atoms with E-state index in [4.69, 9.17) is 9.47 Å². The first-order valence-electron chi connectivity index (χ1n) is 11.8. The van der Waals surface area contributed by atoms with Gasteiger partial charge in [0.15, 0.2) is 0 Å². The smallest absolute Gasteiger partial charge is 0.309 e. The van der Waals surface area contributed by atoms with Crippen molar-refractivity contribution < 1.29 is 29.3 Å². The molecule has 1 aromatic carbocycles. The van der Waals surface area contributed by atoms with Crippen molar-refractivity contribution in [3.63, 3.8) is 0 Å². The predicted octanol–water partition coefficient (Wildman–Crippen LogP) is 4.62. The summed E-state index contributed by atoms with van der Waals surface area (Å²) in [6, 6.07) is 10.2. The Kier molecular flexibility index (Phi) is 10.3. The Bertz CT molecular complexity index is 899. The van der Waals surface area contributed by atoms with E-state index in [2.05, 4.69) is 25.1 Å². The minimum absolute atomic E-state index is 0.158. The van der Waals surface area contributed by atoms with Gasteiger partial charge in [0.1, 0.15) is 17.8 Å². The Morgan fingerprint density at radius 2 is 1.91 bits per heavy atom. The lowest BCUT2D eigenvalue weighted by Crippen LogP contribution is -2.42. The van der Waals surface area contributed by atoms with E-state index in [9.17, 15) is 19.8 Å². The van der Waals surface area contributed by atoms with Crippen LogP contribution < -0.4 is 0 Å². The highest BCUT2D eigenvalue weighted by atomic mass is 16.6. The van der Waals surface area contributed by atoms with Gasteiger partial charge in [-0.25, -0.2) is 0 Å². The van der Waals surface area contributed by atoms with Crippen LogP contribution in [-0.4, -0.2) is 46.1 Å². The van der Waals surface area contributed by atoms with Gasteiger partial charge in [-0.3, -0.25) is 9.59 Å². The molecular weight excluding hydrogens is 432 g/mol. The van der Waals surface area contributed by atoms with Gasteiger partial charge in [0.2, 0.25) is 0 Å². The third-order valence-corrected chi connectivity index (χ3v) is 6.15. The average molecular weight is 471 g/mol. The van der Waals surface area contributed by atoms with Gasteiger partial charge in [0, 0.05) is 12.8 Å². The standard InChI is InChI=1S/C28H38O6/c1-19(23-12-7-6-8-13-23)10-9-11-20(2)27-21(3)14-15-25(33-22(4)29)28(5,32)17-16-24(30)18-26(31)34-27/h6-15,19,21,24-25,27,30,32H,16-18H2,1-5H3/b10-9+,15-14+,20-11+/t19?,21-,24+,25-,27+,28+/m0/s1. The van der Waals surface area contributed by atoms with Crippen molar-refractivity contribution in [3.8, 4) is 0 Å². The van der Waals surface area contributed by atoms with Gasteiger partial charge in [-0.2, -0.15) is 0 Å². The summed E-state index contributed by atoms with van der Waals surface area (Å²) in [4.78, 5) is 24.1. The number of hydrogen-bond acceptors (Lipinski definition) is 6. The zero-order chi connectivity index (χ0) is 25.3. The Balaban J connectivity index is 2.29. The largest absolute Gasteiger partial charge is 0.457 e. The van der Waals surface area contributed by atoms with Crippen LogP contribution in [0.1, 0.15) is 65.4 Å². The van der Waals surface area contributed by atoms with Crippen molar-refractivity contribution in [2.24, 2.45) is 5.92 Å². The molecule has 0 spiro atoms. The van der Waals surface area contributed by atoms with Crippen LogP contribution in [0.25, 0.3) is 0 Å². The van der Waals surface area contributed by atoms with Gasteiger partial charge in [-0.05, 0) is 49.8 Å². The molecule has 0 saturated heterocycles. The van der Waals surface area contributed by atoms with E-state index in [1.54, 1.807) is 19.1 Å². The van der Waals surface area contributed by atoms with Crippen LogP contribution in [0.2, 0.25) is 0 Å². The molecule has 1 unspecified atom stereocenters. The molecule has 0 aromatic heterocycles. The number of rotatable bonds is 5. The van der Waals surface area contributed by atoms with Crippen molar-refractivity contribution in [1.29, 1.82) is 0 Å². The highest BCUT2D eigenvalue weighted by Gasteiger charge is 2.34. The maximum atomic E-state index is 12.5. The molecule has 6 nitrogen and oxygen atoms in total. The van der Waals surface area contributed by atoms with Crippen molar-refractivity contribution in [2.45, 2.75) is 83.7 Å². The van der Waals surface area contributed by atoms with Crippen LogP contribution in [0, 0.1) is 5.92 Å². The van der Waals surface area contributed by atoms with Crippen molar-refractivity contribution in [3.05, 3.63) is 71.8 Å². The molecule has 1 aliphatic heterocycles. The summed E-state index contributed by atoms with van der Waals surface area (Å²) in [5, 5.41) is 21.2. The second-order valence-electron chi connectivity index (χ2n) is 9.43. The number of carbonyl (C=O) groups is 2. The maximum absolute atomic E-state index is 12.5. The monoisotopic (exact) mass is 470 g/mol. The number of carbonyl (C=O) groups excluding carboxylic acids is 2. The number of benzene rings is 1. The third-order valence-electron chi connectivity index (χ3n) is 6.15. The second kappa shape index (κ2) is 12.7. The predicted molar refractivity (Wildman–Crippen MR) is 132 cm³/mol. The Hall–Kier alpha value is -2.70. The Morgan fingerprint density at radius 3 is 2.56 bits per heavy atom. The number of hydrogen-bond donors (Lipinski definition) is 2. The average Bonchev–Trinajstić information content (AvgIpc) is 2.78. The van der Waals surface area contributed by atoms with Crippen molar-refractivity contribution in [2.75, 3.05) is 0 Å². The Morgan fingerprint density at radius 1 is 1.24 bits per heavy atom. The van der Waals surface area contributed by atoms with E-state index >= 15 is 0 Å². The fourth-order valence-electron chi connectivity index (χ4n) is 3.97. The van der Waals surface area contributed by atoms with Crippen molar-refractivity contribution >= 4 is 11.9 Å². The van der Waals surface area contributed by atoms with E-state index in [1.807, 2.05) is 44.2 Å². The molecular formula is C28H38O6. The first kappa shape index (κ1) is 27.5. The molecule has 1 aliphatic rings. The summed E-state index contributed by atoms with van der Waals surface area (Å²) in [7, 11) is 0. The molecule has 34 heavy (non-hydrogen) atoms. The van der Waals surface area contributed by atoms with Crippen LogP contribution >= 0.6 is 0 Å². The molecule has 0 aliphatic carbocycles. The Labute approximate surface area is 203 Å². The maximum Gasteiger partial charge on any atom is 0.309 e. The number of cyclic esters (lactones) is 1. The molecule has 1 heterocycles. The molecule has 0 radical (unpaired) electrons. The van der Waals surface area contributed by atoms with Gasteiger partial charge >= 0.3 is 11.9 Å². The van der Waals surface area contributed by atoms with Gasteiger partial charge < -0.3 is 19.7 Å². The van der Waals surface area contributed by atoms with Crippen LogP contribution in [-0.2, 0) is 19.1 Å². The van der Waals surface area contributed by atoms with Crippen molar-refractivity contribution in [1.82, 2.24) is 0 Å². The summed E-state index contributed by atoms with van der Waals surface area (Å²) in [5.41, 5.74) is 0.656. The zero-order valence-electron chi connectivity index (χ0n) is 20.8. The van der Waals surface area contributed by atoms with Gasteiger partial charge in [0.05, 0.1) is 12.5 Å². The van der Waals surface area contributed by atoms with E-state index < -0.39 is 35.9 Å². The zero-order valence-corrected chi connectivity index (χ0v) is 20.8. The van der Waals surface area contributed by atoms with Crippen LogP contribution in [0.3, 0.4) is 0 Å². The van der Waals surface area contributed by atoms with Crippen LogP contribution in [0.5, 0.6) is 0 Å². The van der Waals surface area contributed by atoms with Crippen LogP contribution in [0.15, 0.2) is 66.3 Å². The fourth-order valence-corrected chi connectivity index (χ4v) is 3.97. The minimum atomic E-state index is -1.39. The lowest BCUT2D eigenvalue weighted by Gasteiger charge is -2.32. The number of allylic oxidation sites excluding steroid dienone is 3. The number of ether oxygens (including phenoxy) is 2.